The molecule has 1 unspecified atom stereocenters. The maximum Gasteiger partial charge on any atom is 0.273 e. The monoisotopic (exact) mass is 388 g/mol. The van der Waals surface area contributed by atoms with Crippen LogP contribution in [0.3, 0.4) is 0 Å². The van der Waals surface area contributed by atoms with Crippen LogP contribution in [0.1, 0.15) is 49.2 Å². The number of oxime groups is 1. The van der Waals surface area contributed by atoms with E-state index >= 15 is 0 Å². The van der Waals surface area contributed by atoms with Gasteiger partial charge in [0.2, 0.25) is 0 Å². The Labute approximate surface area is 170 Å². The predicted octanol–water partition coefficient (Wildman–Crippen LogP) is 4.51. The molecule has 4 rings (SSSR count). The Kier molecular flexibility index (Phi) is 5.42. The van der Waals surface area contributed by atoms with Gasteiger partial charge in [0, 0.05) is 37.0 Å². The average molecular weight is 388 g/mol. The summed E-state index contributed by atoms with van der Waals surface area (Å²) in [6.45, 7) is 4.96. The number of amides is 1. The van der Waals surface area contributed by atoms with Crippen molar-refractivity contribution in [3.63, 3.8) is 0 Å². The van der Waals surface area contributed by atoms with Gasteiger partial charge in [0.1, 0.15) is 11.5 Å². The highest BCUT2D eigenvalue weighted by molar-refractivity contribution is 6.43. The Morgan fingerprint density at radius 3 is 2.83 bits per heavy atom. The zero-order valence-corrected chi connectivity index (χ0v) is 16.6. The van der Waals surface area contributed by atoms with Gasteiger partial charge in [0.15, 0.2) is 6.10 Å². The fourth-order valence-corrected chi connectivity index (χ4v) is 3.46. The molecule has 0 saturated carbocycles. The molecule has 0 spiro atoms. The molecule has 148 valence electrons. The molecular weight excluding hydrogens is 364 g/mol. The van der Waals surface area contributed by atoms with E-state index in [1.807, 2.05) is 67.0 Å². The third kappa shape index (κ3) is 4.37. The molecule has 2 heterocycles. The summed E-state index contributed by atoms with van der Waals surface area (Å²) in [4.78, 5) is 22.5. The molecule has 1 aliphatic heterocycles. The summed E-state index contributed by atoms with van der Waals surface area (Å²) in [6, 6.07) is 17.7. The van der Waals surface area contributed by atoms with E-state index in [2.05, 4.69) is 33.9 Å². The van der Waals surface area contributed by atoms with E-state index in [0.29, 0.717) is 24.6 Å². The molecular formula is C23H24N4O2. The maximum atomic E-state index is 12.6. The van der Waals surface area contributed by atoms with Gasteiger partial charge in [0.05, 0.1) is 0 Å². The van der Waals surface area contributed by atoms with Crippen molar-refractivity contribution < 1.29 is 9.63 Å². The first kappa shape index (κ1) is 18.9. The Morgan fingerprint density at radius 2 is 2.03 bits per heavy atom. The van der Waals surface area contributed by atoms with Crippen molar-refractivity contribution in [3.05, 3.63) is 83.9 Å². The number of nitrogens with one attached hydrogen (secondary N) is 1. The molecule has 1 N–H and O–H groups in total. The van der Waals surface area contributed by atoms with Gasteiger partial charge in [-0.3, -0.25) is 4.79 Å². The summed E-state index contributed by atoms with van der Waals surface area (Å²) in [6.07, 6.45) is 4.05. The van der Waals surface area contributed by atoms with Crippen molar-refractivity contribution in [2.75, 3.05) is 5.32 Å². The van der Waals surface area contributed by atoms with Gasteiger partial charge in [-0.2, -0.15) is 0 Å². The largest absolute Gasteiger partial charge is 0.387 e. The highest BCUT2D eigenvalue weighted by Crippen LogP contribution is 2.27. The van der Waals surface area contributed by atoms with Crippen molar-refractivity contribution in [1.29, 1.82) is 0 Å². The second-order valence-electron chi connectivity index (χ2n) is 7.47. The van der Waals surface area contributed by atoms with E-state index in [-0.39, 0.29) is 12.0 Å². The third-order valence-electron chi connectivity index (χ3n) is 4.90. The van der Waals surface area contributed by atoms with Gasteiger partial charge in [-0.25, -0.2) is 4.98 Å². The SMILES string of the molecule is CC(C)c1nccn1Cc1cccc(NC(=O)C2=NOC(c3ccccc3)C2)c1. The van der Waals surface area contributed by atoms with Crippen LogP contribution in [-0.4, -0.2) is 21.2 Å². The van der Waals surface area contributed by atoms with Crippen LogP contribution in [0.4, 0.5) is 5.69 Å². The standard InChI is InChI=1S/C23H24N4O2/c1-16(2)22-24-11-12-27(22)15-17-7-6-10-19(13-17)25-23(28)20-14-21(29-26-20)18-8-4-3-5-9-18/h3-13,16,21H,14-15H2,1-2H3,(H,25,28). The molecule has 3 aromatic rings. The number of rotatable bonds is 6. The molecule has 1 atom stereocenters. The third-order valence-corrected chi connectivity index (χ3v) is 4.90. The second-order valence-corrected chi connectivity index (χ2v) is 7.47. The van der Waals surface area contributed by atoms with Gasteiger partial charge >= 0.3 is 0 Å². The first-order valence-corrected chi connectivity index (χ1v) is 9.79. The van der Waals surface area contributed by atoms with Crippen LogP contribution in [0.5, 0.6) is 0 Å². The smallest absolute Gasteiger partial charge is 0.273 e. The van der Waals surface area contributed by atoms with E-state index < -0.39 is 0 Å². The molecule has 0 radical (unpaired) electrons. The minimum atomic E-state index is -0.230. The number of anilines is 1. The van der Waals surface area contributed by atoms with Crippen molar-refractivity contribution in [2.45, 2.75) is 38.8 Å². The van der Waals surface area contributed by atoms with Crippen LogP contribution in [0.15, 0.2) is 72.1 Å². The number of hydrogen-bond acceptors (Lipinski definition) is 4. The number of imidazole rings is 1. The summed E-state index contributed by atoms with van der Waals surface area (Å²) in [5.41, 5.74) is 3.25. The fraction of sp³-hybridized carbons (Fsp3) is 0.261. The Hall–Kier alpha value is -3.41. The molecule has 2 aromatic carbocycles. The molecule has 29 heavy (non-hydrogen) atoms. The normalized spacial score (nSPS) is 15.8. The van der Waals surface area contributed by atoms with Crippen molar-refractivity contribution in [2.24, 2.45) is 5.16 Å². The summed E-state index contributed by atoms with van der Waals surface area (Å²) < 4.78 is 2.13. The van der Waals surface area contributed by atoms with Gasteiger partial charge in [-0.05, 0) is 23.3 Å². The van der Waals surface area contributed by atoms with E-state index in [4.69, 9.17) is 4.84 Å². The van der Waals surface area contributed by atoms with Crippen LogP contribution >= 0.6 is 0 Å². The molecule has 0 bridgehead atoms. The van der Waals surface area contributed by atoms with Gasteiger partial charge in [-0.15, -0.1) is 0 Å². The van der Waals surface area contributed by atoms with Crippen molar-refractivity contribution in [1.82, 2.24) is 9.55 Å². The minimum absolute atomic E-state index is 0.209. The van der Waals surface area contributed by atoms with Gasteiger partial charge in [-0.1, -0.05) is 61.5 Å². The lowest BCUT2D eigenvalue weighted by Gasteiger charge is -2.12. The van der Waals surface area contributed by atoms with Crippen LogP contribution in [0.2, 0.25) is 0 Å². The number of benzene rings is 2. The zero-order chi connectivity index (χ0) is 20.2. The zero-order valence-electron chi connectivity index (χ0n) is 16.6. The Balaban J connectivity index is 1.40. The molecule has 1 aromatic heterocycles. The van der Waals surface area contributed by atoms with Crippen LogP contribution in [0.25, 0.3) is 0 Å². The Bertz CT molecular complexity index is 1020. The van der Waals surface area contributed by atoms with Gasteiger partial charge in [0.25, 0.3) is 5.91 Å². The highest BCUT2D eigenvalue weighted by atomic mass is 16.6. The van der Waals surface area contributed by atoms with E-state index in [1.54, 1.807) is 0 Å². The first-order valence-electron chi connectivity index (χ1n) is 9.79. The first-order chi connectivity index (χ1) is 14.1. The number of nitrogens with zero attached hydrogens (tertiary/aromatic N) is 3. The van der Waals surface area contributed by atoms with Crippen molar-refractivity contribution >= 4 is 17.3 Å². The lowest BCUT2D eigenvalue weighted by Crippen LogP contribution is -2.22. The lowest BCUT2D eigenvalue weighted by molar-refractivity contribution is -0.110. The molecule has 1 aliphatic rings. The topological polar surface area (TPSA) is 68.5 Å². The number of carbonyl (C=O) groups excluding carboxylic acids is 1. The maximum absolute atomic E-state index is 12.6. The average Bonchev–Trinajstić information content (AvgIpc) is 3.39. The molecule has 0 saturated heterocycles. The molecule has 0 fully saturated rings. The van der Waals surface area contributed by atoms with E-state index in [0.717, 1.165) is 22.6 Å². The summed E-state index contributed by atoms with van der Waals surface area (Å²) >= 11 is 0. The quantitative estimate of drug-likeness (QED) is 0.675. The summed E-state index contributed by atoms with van der Waals surface area (Å²) in [5.74, 6) is 1.17. The Morgan fingerprint density at radius 1 is 1.21 bits per heavy atom. The molecule has 6 heteroatoms. The van der Waals surface area contributed by atoms with E-state index in [9.17, 15) is 4.79 Å². The summed E-state index contributed by atoms with van der Waals surface area (Å²) in [5, 5.41) is 6.93. The van der Waals surface area contributed by atoms with E-state index in [1.165, 1.54) is 0 Å². The minimum Gasteiger partial charge on any atom is -0.387 e. The number of aromatic nitrogens is 2. The molecule has 1 amide bonds. The van der Waals surface area contributed by atoms with Gasteiger partial charge < -0.3 is 14.7 Å². The fourth-order valence-electron chi connectivity index (χ4n) is 3.46. The predicted molar refractivity (Wildman–Crippen MR) is 113 cm³/mol. The van der Waals surface area contributed by atoms with Crippen LogP contribution in [0, 0.1) is 0 Å². The highest BCUT2D eigenvalue weighted by Gasteiger charge is 2.27. The summed E-state index contributed by atoms with van der Waals surface area (Å²) in [7, 11) is 0. The number of hydrogen-bond donors (Lipinski definition) is 1. The molecule has 6 nitrogen and oxygen atoms in total. The van der Waals surface area contributed by atoms with Crippen molar-refractivity contribution in [3.8, 4) is 0 Å². The second kappa shape index (κ2) is 8.31. The van der Waals surface area contributed by atoms with Crippen LogP contribution < -0.4 is 5.32 Å². The lowest BCUT2D eigenvalue weighted by atomic mass is 10.0. The number of carbonyl (C=O) groups is 1. The molecule has 0 aliphatic carbocycles. The van der Waals surface area contributed by atoms with Crippen LogP contribution in [-0.2, 0) is 16.2 Å².